The highest BCUT2D eigenvalue weighted by molar-refractivity contribution is 14.0. The van der Waals surface area contributed by atoms with Gasteiger partial charge in [0.15, 0.2) is 5.96 Å². The molecule has 3 heterocycles. The molecule has 0 spiro atoms. The monoisotopic (exact) mass is 438 g/mol. The van der Waals surface area contributed by atoms with Gasteiger partial charge in [0.05, 0.1) is 23.8 Å². The molecule has 3 unspecified atom stereocenters. The summed E-state index contributed by atoms with van der Waals surface area (Å²) in [6.45, 7) is 0.704. The average Bonchev–Trinajstić information content (AvgIpc) is 3.21. The van der Waals surface area contributed by atoms with Crippen LogP contribution in [0.3, 0.4) is 0 Å². The quantitative estimate of drug-likeness (QED) is 0.440. The molecule has 5 nitrogen and oxygen atoms in total. The minimum Gasteiger partial charge on any atom is -0.373 e. The first-order valence-electron chi connectivity index (χ1n) is 8.29. The number of benzene rings is 1. The molecule has 1 aromatic carbocycles. The summed E-state index contributed by atoms with van der Waals surface area (Å²) in [5.74, 6) is 0.832. The number of nitrogens with one attached hydrogen (secondary N) is 2. The van der Waals surface area contributed by atoms with Crippen LogP contribution in [0.25, 0.3) is 10.9 Å². The molecule has 2 bridgehead atoms. The van der Waals surface area contributed by atoms with Gasteiger partial charge in [0.25, 0.3) is 0 Å². The highest BCUT2D eigenvalue weighted by Gasteiger charge is 2.41. The number of hydrogen-bond acceptors (Lipinski definition) is 3. The van der Waals surface area contributed by atoms with E-state index in [1.54, 1.807) is 0 Å². The van der Waals surface area contributed by atoms with Crippen molar-refractivity contribution in [3.8, 4) is 0 Å². The van der Waals surface area contributed by atoms with Crippen LogP contribution in [0.2, 0.25) is 0 Å². The summed E-state index contributed by atoms with van der Waals surface area (Å²) < 4.78 is 5.90. The largest absolute Gasteiger partial charge is 0.373 e. The molecule has 2 fully saturated rings. The first-order valence-corrected chi connectivity index (χ1v) is 8.29. The van der Waals surface area contributed by atoms with Gasteiger partial charge in [-0.05, 0) is 30.9 Å². The normalized spacial score (nSPS) is 25.5. The third-order valence-electron chi connectivity index (χ3n) is 4.81. The maximum absolute atomic E-state index is 5.90. The number of halogens is 1. The SMILES string of the molecule is CN=C(NCc1cccc2cccnc12)NC1CC2CCC1O2.I. The summed E-state index contributed by atoms with van der Waals surface area (Å²) >= 11 is 0. The Morgan fingerprint density at radius 1 is 1.29 bits per heavy atom. The molecule has 1 aromatic heterocycles. The molecule has 128 valence electrons. The number of aromatic nitrogens is 1. The summed E-state index contributed by atoms with van der Waals surface area (Å²) in [6.07, 6.45) is 6.08. The Bertz CT molecular complexity index is 731. The Labute approximate surface area is 159 Å². The predicted molar refractivity (Wildman–Crippen MR) is 107 cm³/mol. The summed E-state index contributed by atoms with van der Waals surface area (Å²) in [7, 11) is 1.81. The lowest BCUT2D eigenvalue weighted by Crippen LogP contribution is -2.47. The van der Waals surface area contributed by atoms with E-state index in [1.807, 2.05) is 19.3 Å². The van der Waals surface area contributed by atoms with E-state index in [1.165, 1.54) is 12.0 Å². The van der Waals surface area contributed by atoms with E-state index in [4.69, 9.17) is 4.74 Å². The second-order valence-electron chi connectivity index (χ2n) is 6.28. The fourth-order valence-electron chi connectivity index (χ4n) is 3.65. The van der Waals surface area contributed by atoms with E-state index in [-0.39, 0.29) is 24.0 Å². The zero-order valence-electron chi connectivity index (χ0n) is 13.7. The Kier molecular flexibility index (Phi) is 5.55. The van der Waals surface area contributed by atoms with Crippen LogP contribution in [0.15, 0.2) is 41.5 Å². The zero-order valence-corrected chi connectivity index (χ0v) is 16.1. The lowest BCUT2D eigenvalue weighted by molar-refractivity contribution is 0.0992. The van der Waals surface area contributed by atoms with Crippen LogP contribution in [0.4, 0.5) is 0 Å². The van der Waals surface area contributed by atoms with Crippen LogP contribution >= 0.6 is 24.0 Å². The molecule has 4 rings (SSSR count). The summed E-state index contributed by atoms with van der Waals surface area (Å²) in [6, 6.07) is 10.7. The van der Waals surface area contributed by atoms with Gasteiger partial charge in [-0.15, -0.1) is 24.0 Å². The van der Waals surface area contributed by atoms with Crippen molar-refractivity contribution in [2.24, 2.45) is 4.99 Å². The smallest absolute Gasteiger partial charge is 0.191 e. The maximum Gasteiger partial charge on any atom is 0.191 e. The number of guanidine groups is 1. The van der Waals surface area contributed by atoms with Crippen molar-refractivity contribution in [2.75, 3.05) is 7.05 Å². The van der Waals surface area contributed by atoms with Crippen LogP contribution in [-0.2, 0) is 11.3 Å². The molecule has 0 aliphatic carbocycles. The molecule has 0 saturated carbocycles. The van der Waals surface area contributed by atoms with Crippen molar-refractivity contribution < 1.29 is 4.74 Å². The first-order chi connectivity index (χ1) is 11.3. The number of nitrogens with zero attached hydrogens (tertiary/aromatic N) is 2. The van der Waals surface area contributed by atoms with Crippen LogP contribution in [-0.4, -0.2) is 36.2 Å². The molecule has 2 aliphatic heterocycles. The van der Waals surface area contributed by atoms with Crippen molar-refractivity contribution in [1.29, 1.82) is 0 Å². The van der Waals surface area contributed by atoms with Crippen LogP contribution in [0, 0.1) is 0 Å². The molecule has 2 N–H and O–H groups in total. The van der Waals surface area contributed by atoms with Gasteiger partial charge in [0.2, 0.25) is 0 Å². The topological polar surface area (TPSA) is 58.5 Å². The van der Waals surface area contributed by atoms with Crippen molar-refractivity contribution in [3.63, 3.8) is 0 Å². The van der Waals surface area contributed by atoms with Gasteiger partial charge < -0.3 is 15.4 Å². The van der Waals surface area contributed by atoms with E-state index in [2.05, 4.69) is 44.9 Å². The maximum atomic E-state index is 5.90. The average molecular weight is 438 g/mol. The first kappa shape index (κ1) is 17.4. The van der Waals surface area contributed by atoms with Crippen molar-refractivity contribution in [1.82, 2.24) is 15.6 Å². The van der Waals surface area contributed by atoms with Gasteiger partial charge in [-0.1, -0.05) is 24.3 Å². The van der Waals surface area contributed by atoms with Crippen LogP contribution < -0.4 is 10.6 Å². The second-order valence-corrected chi connectivity index (χ2v) is 6.28. The number of pyridine rings is 1. The van der Waals surface area contributed by atoms with Crippen molar-refractivity contribution in [2.45, 2.75) is 44.1 Å². The third kappa shape index (κ3) is 3.49. The summed E-state index contributed by atoms with van der Waals surface area (Å²) in [5, 5.41) is 8.08. The number of ether oxygens (including phenoxy) is 1. The highest BCUT2D eigenvalue weighted by Crippen LogP contribution is 2.34. The van der Waals surface area contributed by atoms with Gasteiger partial charge in [-0.2, -0.15) is 0 Å². The van der Waals surface area contributed by atoms with E-state index < -0.39 is 0 Å². The minimum atomic E-state index is 0. The fourth-order valence-corrected chi connectivity index (χ4v) is 3.65. The molecule has 6 heteroatoms. The summed E-state index contributed by atoms with van der Waals surface area (Å²) in [5.41, 5.74) is 2.22. The molecule has 2 aromatic rings. The van der Waals surface area contributed by atoms with Crippen LogP contribution in [0.5, 0.6) is 0 Å². The van der Waals surface area contributed by atoms with Gasteiger partial charge in [0.1, 0.15) is 0 Å². The Balaban J connectivity index is 0.00000169. The van der Waals surface area contributed by atoms with Gasteiger partial charge >= 0.3 is 0 Å². The van der Waals surface area contributed by atoms with Gasteiger partial charge in [0, 0.05) is 25.2 Å². The molecule has 2 aliphatic rings. The number of rotatable bonds is 3. The Morgan fingerprint density at radius 2 is 2.17 bits per heavy atom. The molecular weight excluding hydrogens is 415 g/mol. The van der Waals surface area contributed by atoms with Crippen LogP contribution in [0.1, 0.15) is 24.8 Å². The van der Waals surface area contributed by atoms with Crippen molar-refractivity contribution >= 4 is 40.8 Å². The fraction of sp³-hybridized carbons (Fsp3) is 0.444. The van der Waals surface area contributed by atoms with E-state index in [0.29, 0.717) is 24.8 Å². The number of aliphatic imine (C=N–C) groups is 1. The third-order valence-corrected chi connectivity index (χ3v) is 4.81. The zero-order chi connectivity index (χ0) is 15.6. The molecule has 24 heavy (non-hydrogen) atoms. The number of fused-ring (bicyclic) bond motifs is 3. The van der Waals surface area contributed by atoms with E-state index >= 15 is 0 Å². The number of hydrogen-bond donors (Lipinski definition) is 2. The van der Waals surface area contributed by atoms with Crippen molar-refractivity contribution in [3.05, 3.63) is 42.1 Å². The van der Waals surface area contributed by atoms with E-state index in [0.717, 1.165) is 29.7 Å². The molecule has 3 atom stereocenters. The Morgan fingerprint density at radius 3 is 2.92 bits per heavy atom. The standard InChI is InChI=1S/C18H22N4O.HI/c1-19-18(22-15-10-14-7-8-16(15)23-14)21-11-13-5-2-4-12-6-3-9-20-17(12)13;/h2-6,9,14-16H,7-8,10-11H2,1H3,(H2,19,21,22);1H. The van der Waals surface area contributed by atoms with Gasteiger partial charge in [-0.25, -0.2) is 0 Å². The predicted octanol–water partition coefficient (Wildman–Crippen LogP) is 2.84. The minimum absolute atomic E-state index is 0. The van der Waals surface area contributed by atoms with E-state index in [9.17, 15) is 0 Å². The molecule has 0 radical (unpaired) electrons. The lowest BCUT2D eigenvalue weighted by atomic mass is 9.96. The molecular formula is C18H23IN4O. The van der Waals surface area contributed by atoms with Gasteiger partial charge in [-0.3, -0.25) is 9.98 Å². The Hall–Kier alpha value is -1.41. The lowest BCUT2D eigenvalue weighted by Gasteiger charge is -2.22. The summed E-state index contributed by atoms with van der Waals surface area (Å²) in [4.78, 5) is 8.85. The second kappa shape index (κ2) is 7.65. The molecule has 0 amide bonds. The highest BCUT2D eigenvalue weighted by atomic mass is 127. The molecule has 2 saturated heterocycles. The number of para-hydroxylation sites is 1.